The summed E-state index contributed by atoms with van der Waals surface area (Å²) in [7, 11) is 3.22. The Morgan fingerprint density at radius 3 is 2.17 bits per heavy atom. The van der Waals surface area contributed by atoms with Crippen LogP contribution in [0.25, 0.3) is 0 Å². The summed E-state index contributed by atoms with van der Waals surface area (Å²) in [6, 6.07) is 16.2. The van der Waals surface area contributed by atoms with Gasteiger partial charge >= 0.3 is 0 Å². The van der Waals surface area contributed by atoms with Crippen LogP contribution < -0.4 is 24.8 Å². The summed E-state index contributed by atoms with van der Waals surface area (Å²) in [5.74, 6) is 2.44. The zero-order valence-electron chi connectivity index (χ0n) is 16.2. The minimum absolute atomic E-state index is 0.264. The highest BCUT2D eigenvalue weighted by atomic mass is 16.5. The van der Waals surface area contributed by atoms with Crippen LogP contribution in [0.3, 0.4) is 0 Å². The van der Waals surface area contributed by atoms with E-state index in [-0.39, 0.29) is 11.6 Å². The summed E-state index contributed by atoms with van der Waals surface area (Å²) in [5.41, 5.74) is 1.09. The lowest BCUT2D eigenvalue weighted by Crippen LogP contribution is -2.28. The molecule has 8 nitrogen and oxygen atoms in total. The quantitative estimate of drug-likeness (QED) is 0.539. The second-order valence-corrected chi connectivity index (χ2v) is 5.92. The fourth-order valence-corrected chi connectivity index (χ4v) is 2.47. The highest BCUT2D eigenvalue weighted by molar-refractivity contribution is 5.92. The molecule has 3 rings (SSSR count). The molecule has 0 fully saturated rings. The molecule has 150 valence electrons. The predicted molar refractivity (Wildman–Crippen MR) is 109 cm³/mol. The molecule has 0 atom stereocenters. The molecule has 0 aliphatic heterocycles. The molecule has 0 unspecified atom stereocenters. The van der Waals surface area contributed by atoms with Crippen LogP contribution in [0, 0.1) is 0 Å². The van der Waals surface area contributed by atoms with Crippen molar-refractivity contribution in [1.29, 1.82) is 0 Å². The van der Waals surface area contributed by atoms with Crippen molar-refractivity contribution in [3.05, 3.63) is 66.6 Å². The monoisotopic (exact) mass is 394 g/mol. The van der Waals surface area contributed by atoms with Crippen molar-refractivity contribution in [3.63, 3.8) is 0 Å². The molecule has 0 aliphatic carbocycles. The van der Waals surface area contributed by atoms with Crippen LogP contribution in [0.4, 0.5) is 11.5 Å². The number of carbonyl (C=O) groups excluding carboxylic acids is 1. The first-order valence-electron chi connectivity index (χ1n) is 8.96. The Labute approximate surface area is 168 Å². The van der Waals surface area contributed by atoms with Crippen LogP contribution in [0.5, 0.6) is 17.2 Å². The lowest BCUT2D eigenvalue weighted by atomic mass is 10.3. The second kappa shape index (κ2) is 9.93. The lowest BCUT2D eigenvalue weighted by molar-refractivity contribution is 0.0942. The number of ether oxygens (including phenoxy) is 3. The number of amides is 1. The minimum Gasteiger partial charge on any atom is -0.497 e. The highest BCUT2D eigenvalue weighted by Crippen LogP contribution is 2.19. The highest BCUT2D eigenvalue weighted by Gasteiger charge is 2.09. The predicted octanol–water partition coefficient (Wildman–Crippen LogP) is 3.05. The van der Waals surface area contributed by atoms with E-state index in [9.17, 15) is 4.79 Å². The van der Waals surface area contributed by atoms with Gasteiger partial charge in [-0.3, -0.25) is 4.79 Å². The normalized spacial score (nSPS) is 10.1. The van der Waals surface area contributed by atoms with Crippen molar-refractivity contribution in [2.75, 3.05) is 32.7 Å². The second-order valence-electron chi connectivity index (χ2n) is 5.92. The first-order valence-corrected chi connectivity index (χ1v) is 8.96. The molecule has 2 N–H and O–H groups in total. The average molecular weight is 394 g/mol. The number of nitrogens with zero attached hydrogens (tertiary/aromatic N) is 2. The Morgan fingerprint density at radius 1 is 0.897 bits per heavy atom. The topological polar surface area (TPSA) is 94.6 Å². The number of anilines is 2. The Kier molecular flexibility index (Phi) is 6.83. The van der Waals surface area contributed by atoms with Crippen LogP contribution >= 0.6 is 0 Å². The standard InChI is InChI=1S/C21H22N4O4/c1-27-16-5-3-15(4-6-16)25-20-13-19(23-14-24-20)21(26)22-11-12-29-18-9-7-17(28-2)8-10-18/h3-10,13-14H,11-12H2,1-2H3,(H,22,26)(H,23,24,25). The summed E-state index contributed by atoms with van der Waals surface area (Å²) in [6.45, 7) is 0.677. The third kappa shape index (κ3) is 5.83. The first-order chi connectivity index (χ1) is 14.2. The van der Waals surface area contributed by atoms with E-state index in [1.165, 1.54) is 6.33 Å². The summed E-state index contributed by atoms with van der Waals surface area (Å²) in [5, 5.41) is 5.90. The van der Waals surface area contributed by atoms with Crippen molar-refractivity contribution >= 4 is 17.4 Å². The molecule has 8 heteroatoms. The van der Waals surface area contributed by atoms with E-state index in [2.05, 4.69) is 20.6 Å². The molecule has 0 bridgehead atoms. The maximum Gasteiger partial charge on any atom is 0.270 e. The molecule has 0 aliphatic rings. The molecule has 1 heterocycles. The van der Waals surface area contributed by atoms with Crippen molar-refractivity contribution in [2.24, 2.45) is 0 Å². The zero-order chi connectivity index (χ0) is 20.5. The maximum atomic E-state index is 12.3. The summed E-state index contributed by atoms with van der Waals surface area (Å²) in [4.78, 5) is 20.5. The SMILES string of the molecule is COc1ccc(Nc2cc(C(=O)NCCOc3ccc(OC)cc3)ncn2)cc1. The van der Waals surface area contributed by atoms with Gasteiger partial charge in [0.05, 0.1) is 20.8 Å². The van der Waals surface area contributed by atoms with Gasteiger partial charge in [0.15, 0.2) is 0 Å². The maximum absolute atomic E-state index is 12.3. The molecular formula is C21H22N4O4. The van der Waals surface area contributed by atoms with Crippen LogP contribution in [-0.2, 0) is 0 Å². The molecular weight excluding hydrogens is 372 g/mol. The molecule has 0 radical (unpaired) electrons. The third-order valence-corrected chi connectivity index (χ3v) is 3.98. The van der Waals surface area contributed by atoms with Gasteiger partial charge in [-0.1, -0.05) is 0 Å². The number of benzene rings is 2. The van der Waals surface area contributed by atoms with Crippen LogP contribution in [0.2, 0.25) is 0 Å². The molecule has 2 aromatic carbocycles. The molecule has 0 saturated carbocycles. The van der Waals surface area contributed by atoms with E-state index < -0.39 is 0 Å². The van der Waals surface area contributed by atoms with E-state index in [0.717, 1.165) is 17.2 Å². The van der Waals surface area contributed by atoms with Gasteiger partial charge in [0, 0.05) is 11.8 Å². The molecule has 3 aromatic rings. The molecule has 0 spiro atoms. The Hall–Kier alpha value is -3.81. The zero-order valence-corrected chi connectivity index (χ0v) is 16.2. The van der Waals surface area contributed by atoms with Gasteiger partial charge in [-0.05, 0) is 48.5 Å². The van der Waals surface area contributed by atoms with Gasteiger partial charge in [-0.2, -0.15) is 0 Å². The minimum atomic E-state index is -0.302. The first kappa shape index (κ1) is 19.9. The van der Waals surface area contributed by atoms with E-state index in [1.807, 2.05) is 48.5 Å². The fraction of sp³-hybridized carbons (Fsp3) is 0.190. The smallest absolute Gasteiger partial charge is 0.270 e. The summed E-state index contributed by atoms with van der Waals surface area (Å²) < 4.78 is 15.8. The molecule has 0 saturated heterocycles. The van der Waals surface area contributed by atoms with E-state index in [0.29, 0.717) is 24.7 Å². The molecule has 1 aromatic heterocycles. The van der Waals surface area contributed by atoms with Crippen LogP contribution in [0.1, 0.15) is 10.5 Å². The number of hydrogen-bond donors (Lipinski definition) is 2. The lowest BCUT2D eigenvalue weighted by Gasteiger charge is -2.09. The van der Waals surface area contributed by atoms with Crippen LogP contribution in [0.15, 0.2) is 60.9 Å². The Balaban J connectivity index is 1.49. The summed E-state index contributed by atoms with van der Waals surface area (Å²) >= 11 is 0. The van der Waals surface area contributed by atoms with Gasteiger partial charge in [0.1, 0.15) is 41.7 Å². The largest absolute Gasteiger partial charge is 0.497 e. The summed E-state index contributed by atoms with van der Waals surface area (Å²) in [6.07, 6.45) is 1.34. The van der Waals surface area contributed by atoms with Gasteiger partial charge in [-0.25, -0.2) is 9.97 Å². The van der Waals surface area contributed by atoms with E-state index in [1.54, 1.807) is 20.3 Å². The van der Waals surface area contributed by atoms with E-state index >= 15 is 0 Å². The number of hydrogen-bond acceptors (Lipinski definition) is 7. The van der Waals surface area contributed by atoms with Crippen molar-refractivity contribution in [1.82, 2.24) is 15.3 Å². The number of aromatic nitrogens is 2. The van der Waals surface area contributed by atoms with Crippen molar-refractivity contribution < 1.29 is 19.0 Å². The van der Waals surface area contributed by atoms with Crippen LogP contribution in [-0.4, -0.2) is 43.2 Å². The Morgan fingerprint density at radius 2 is 1.52 bits per heavy atom. The number of methoxy groups -OCH3 is 2. The fourth-order valence-electron chi connectivity index (χ4n) is 2.47. The Bertz CT molecular complexity index is 930. The average Bonchev–Trinajstić information content (AvgIpc) is 2.77. The number of carbonyl (C=O) groups is 1. The van der Waals surface area contributed by atoms with E-state index in [4.69, 9.17) is 14.2 Å². The molecule has 29 heavy (non-hydrogen) atoms. The number of nitrogens with one attached hydrogen (secondary N) is 2. The third-order valence-electron chi connectivity index (χ3n) is 3.98. The molecule has 1 amide bonds. The number of rotatable bonds is 9. The van der Waals surface area contributed by atoms with Gasteiger partial charge in [0.25, 0.3) is 5.91 Å². The van der Waals surface area contributed by atoms with Gasteiger partial charge in [0.2, 0.25) is 0 Å². The van der Waals surface area contributed by atoms with Gasteiger partial charge < -0.3 is 24.8 Å². The van der Waals surface area contributed by atoms with Crippen molar-refractivity contribution in [3.8, 4) is 17.2 Å². The van der Waals surface area contributed by atoms with Crippen molar-refractivity contribution in [2.45, 2.75) is 0 Å². The van der Waals surface area contributed by atoms with Gasteiger partial charge in [-0.15, -0.1) is 0 Å².